The zero-order chi connectivity index (χ0) is 24.1. The molecule has 2 unspecified atom stereocenters. The van der Waals surface area contributed by atoms with Crippen molar-refractivity contribution in [1.29, 1.82) is 0 Å². The van der Waals surface area contributed by atoms with Crippen molar-refractivity contribution in [3.8, 4) is 0 Å². The van der Waals surface area contributed by atoms with Crippen LogP contribution in [0.3, 0.4) is 0 Å². The van der Waals surface area contributed by atoms with E-state index in [9.17, 15) is 32.5 Å². The molecule has 1 fully saturated rings. The van der Waals surface area contributed by atoms with Crippen molar-refractivity contribution in [2.75, 3.05) is 12.3 Å². The Hall–Kier alpha value is -1.39. The van der Waals surface area contributed by atoms with Gasteiger partial charge in [0.05, 0.1) is 12.3 Å². The maximum absolute atomic E-state index is 14.6. The molecule has 7 N–H and O–H groups in total. The smallest absolute Gasteiger partial charge is 0.387 e. The van der Waals surface area contributed by atoms with Crippen LogP contribution in [0.15, 0.2) is 12.1 Å². The average Bonchev–Trinajstić information content (AvgIpc) is 3.12. The number of phosphoric ester groups is 1. The average molecular weight is 526 g/mol. The maximum Gasteiger partial charge on any atom is 0.490 e. The predicted molar refractivity (Wildman–Crippen MR) is 95.7 cm³/mol. The number of nitrogens with zero attached hydrogens (tertiary/aromatic N) is 3. The van der Waals surface area contributed by atoms with Crippen molar-refractivity contribution >= 4 is 34.8 Å². The van der Waals surface area contributed by atoms with Gasteiger partial charge in [-0.05, 0) is 12.1 Å². The molecule has 16 nitrogen and oxygen atoms in total. The number of hydrogen-bond acceptors (Lipinski definition) is 11. The zero-order valence-corrected chi connectivity index (χ0v) is 18.0. The highest BCUT2D eigenvalue weighted by Crippen LogP contribution is 2.66. The van der Waals surface area contributed by atoms with Crippen molar-refractivity contribution in [2.24, 2.45) is 0 Å². The Balaban J connectivity index is 1.72. The highest BCUT2D eigenvalue weighted by Gasteiger charge is 2.48. The van der Waals surface area contributed by atoms with Gasteiger partial charge in [-0.2, -0.15) is 18.0 Å². The Bertz CT molecular complexity index is 1160. The lowest BCUT2D eigenvalue weighted by Gasteiger charge is -2.19. The monoisotopic (exact) mass is 526 g/mol. The van der Waals surface area contributed by atoms with Crippen molar-refractivity contribution in [3.05, 3.63) is 23.9 Å². The summed E-state index contributed by atoms with van der Waals surface area (Å²) in [5, 5.41) is 13.5. The Kier molecular flexibility index (Phi) is 6.91. The second kappa shape index (κ2) is 8.76. The number of alkyl halides is 1. The summed E-state index contributed by atoms with van der Waals surface area (Å²) in [4.78, 5) is 38.8. The standard InChI is InChI=1S/C11H15F2N4O12P3/c12-7-8(18)6(3-26-31(22,23)29-32(24,25)28-30(19,20)21)27-9(7)4-1-2-5-10(14)15-11(13)16-17(4)5/h1-2,6-9,18H,3H2,(H,22,23)(H,24,25)(H2,14,15,16)(H2,19,20,21)/t6-,7-,8-,9+/m1/s1. The number of aromatic nitrogens is 3. The van der Waals surface area contributed by atoms with E-state index >= 15 is 0 Å². The topological polar surface area (TPSA) is 245 Å². The van der Waals surface area contributed by atoms with Crippen LogP contribution in [0.4, 0.5) is 14.6 Å². The summed E-state index contributed by atoms with van der Waals surface area (Å²) in [5.74, 6) is -0.262. The third-order valence-corrected chi connectivity index (χ3v) is 7.77. The fourth-order valence-corrected chi connectivity index (χ4v) is 5.83. The van der Waals surface area contributed by atoms with E-state index in [1.165, 1.54) is 12.1 Å². The number of anilines is 1. The van der Waals surface area contributed by atoms with Crippen LogP contribution in [0, 0.1) is 6.08 Å². The number of phosphoric acid groups is 3. The quantitative estimate of drug-likeness (QED) is 0.247. The number of aliphatic hydroxyl groups excluding tert-OH is 1. The second-order valence-electron chi connectivity index (χ2n) is 6.24. The van der Waals surface area contributed by atoms with Crippen LogP contribution in [-0.4, -0.2) is 64.3 Å². The SMILES string of the molecule is Nc1nc(F)nn2c([C@@H]3O[C@H](COP(=O)(O)OP(=O)(O)OP(=O)(O)O)[C@@H](O)[C@H]3F)ccc12. The zero-order valence-electron chi connectivity index (χ0n) is 15.3. The van der Waals surface area contributed by atoms with E-state index in [1.807, 2.05) is 0 Å². The van der Waals surface area contributed by atoms with Crippen LogP contribution < -0.4 is 5.73 Å². The summed E-state index contributed by atoms with van der Waals surface area (Å²) < 4.78 is 79.3. The molecule has 3 heterocycles. The van der Waals surface area contributed by atoms with Crippen LogP contribution in [0.25, 0.3) is 5.52 Å². The highest BCUT2D eigenvalue weighted by molar-refractivity contribution is 7.66. The van der Waals surface area contributed by atoms with Gasteiger partial charge in [0, 0.05) is 0 Å². The van der Waals surface area contributed by atoms with Gasteiger partial charge in [0.2, 0.25) is 0 Å². The number of nitrogen functional groups attached to an aromatic ring is 1. The first-order valence-corrected chi connectivity index (χ1v) is 12.7. The van der Waals surface area contributed by atoms with E-state index in [2.05, 4.69) is 23.2 Å². The minimum absolute atomic E-state index is 0.0969. The van der Waals surface area contributed by atoms with E-state index in [4.69, 9.17) is 25.2 Å². The molecule has 32 heavy (non-hydrogen) atoms. The molecule has 0 saturated carbocycles. The molecular formula is C11H15F2N4O12P3. The summed E-state index contributed by atoms with van der Waals surface area (Å²) in [6, 6.07) is 2.58. The largest absolute Gasteiger partial charge is 0.490 e. The van der Waals surface area contributed by atoms with Crippen LogP contribution in [0.5, 0.6) is 0 Å². The molecule has 0 spiro atoms. The molecule has 1 aliphatic rings. The van der Waals surface area contributed by atoms with E-state index in [1.54, 1.807) is 0 Å². The van der Waals surface area contributed by atoms with Crippen molar-refractivity contribution in [1.82, 2.24) is 14.6 Å². The van der Waals surface area contributed by atoms with E-state index < -0.39 is 60.6 Å². The Morgan fingerprint density at radius 2 is 1.81 bits per heavy atom. The van der Waals surface area contributed by atoms with Crippen LogP contribution in [0.1, 0.15) is 11.8 Å². The number of rotatable bonds is 8. The Labute approximate surface area is 176 Å². The van der Waals surface area contributed by atoms with Crippen molar-refractivity contribution in [2.45, 2.75) is 24.5 Å². The molecule has 180 valence electrons. The predicted octanol–water partition coefficient (Wildman–Crippen LogP) is -0.0672. The molecule has 0 bridgehead atoms. The van der Waals surface area contributed by atoms with Gasteiger partial charge in [0.1, 0.15) is 23.8 Å². The lowest BCUT2D eigenvalue weighted by atomic mass is 10.1. The molecule has 0 aliphatic carbocycles. The van der Waals surface area contributed by atoms with Crippen molar-refractivity contribution in [3.63, 3.8) is 0 Å². The fraction of sp³-hybridized carbons (Fsp3) is 0.455. The van der Waals surface area contributed by atoms with Crippen LogP contribution >= 0.6 is 23.5 Å². The third-order valence-electron chi connectivity index (χ3n) is 3.97. The molecule has 2 aromatic rings. The van der Waals surface area contributed by atoms with Gasteiger partial charge in [-0.3, -0.25) is 4.52 Å². The number of fused-ring (bicyclic) bond motifs is 1. The van der Waals surface area contributed by atoms with Crippen LogP contribution in [-0.2, 0) is 31.6 Å². The van der Waals surface area contributed by atoms with Crippen LogP contribution in [0.2, 0.25) is 0 Å². The minimum Gasteiger partial charge on any atom is -0.387 e. The van der Waals surface area contributed by atoms with Gasteiger partial charge in [0.25, 0.3) is 0 Å². The third kappa shape index (κ3) is 5.75. The molecule has 0 radical (unpaired) electrons. The molecule has 0 aromatic carbocycles. The first-order valence-electron chi connectivity index (χ1n) is 8.15. The molecule has 1 aliphatic heterocycles. The number of ether oxygens (including phenoxy) is 1. The van der Waals surface area contributed by atoms with E-state index in [0.717, 1.165) is 4.52 Å². The first-order chi connectivity index (χ1) is 14.6. The normalized spacial score (nSPS) is 28.0. The number of nitrogens with two attached hydrogens (primary N) is 1. The summed E-state index contributed by atoms with van der Waals surface area (Å²) >= 11 is 0. The summed E-state index contributed by atoms with van der Waals surface area (Å²) in [5.41, 5.74) is 5.56. The molecule has 1 saturated heterocycles. The van der Waals surface area contributed by atoms with E-state index in [0.29, 0.717) is 0 Å². The molecular weight excluding hydrogens is 511 g/mol. The summed E-state index contributed by atoms with van der Waals surface area (Å²) in [6.07, 6.45) is -8.57. The number of aliphatic hydroxyl groups is 1. The van der Waals surface area contributed by atoms with Gasteiger partial charge in [0.15, 0.2) is 12.0 Å². The summed E-state index contributed by atoms with van der Waals surface area (Å²) in [6.45, 7) is -1.09. The minimum atomic E-state index is -5.76. The lowest BCUT2D eigenvalue weighted by molar-refractivity contribution is -0.0236. The fourth-order valence-electron chi connectivity index (χ4n) is 2.80. The maximum atomic E-state index is 14.6. The molecule has 21 heteroatoms. The Morgan fingerprint density at radius 1 is 1.16 bits per heavy atom. The lowest BCUT2D eigenvalue weighted by Crippen LogP contribution is -2.31. The van der Waals surface area contributed by atoms with Gasteiger partial charge in [-0.1, -0.05) is 0 Å². The van der Waals surface area contributed by atoms with Gasteiger partial charge in [-0.15, -0.1) is 5.10 Å². The molecule has 2 aromatic heterocycles. The molecule has 0 amide bonds. The number of hydrogen-bond donors (Lipinski definition) is 6. The molecule has 3 rings (SSSR count). The highest BCUT2D eigenvalue weighted by atomic mass is 31.3. The second-order valence-corrected chi connectivity index (χ2v) is 10.7. The van der Waals surface area contributed by atoms with E-state index in [-0.39, 0.29) is 17.0 Å². The van der Waals surface area contributed by atoms with Gasteiger partial charge < -0.3 is 35.2 Å². The van der Waals surface area contributed by atoms with Gasteiger partial charge in [-0.25, -0.2) is 22.6 Å². The first kappa shape index (κ1) is 25.2. The van der Waals surface area contributed by atoms with Gasteiger partial charge >= 0.3 is 29.5 Å². The molecule has 6 atom stereocenters. The Morgan fingerprint density at radius 3 is 2.44 bits per heavy atom. The number of halogens is 2. The van der Waals surface area contributed by atoms with Crippen molar-refractivity contribution < 1.29 is 65.0 Å². The summed E-state index contributed by atoms with van der Waals surface area (Å²) in [7, 11) is -16.9.